The van der Waals surface area contributed by atoms with Crippen LogP contribution in [0.5, 0.6) is 5.75 Å². The van der Waals surface area contributed by atoms with Crippen molar-refractivity contribution in [1.29, 1.82) is 0 Å². The number of benzene rings is 1. The lowest BCUT2D eigenvalue weighted by Gasteiger charge is -2.09. The highest BCUT2D eigenvalue weighted by molar-refractivity contribution is 5.30. The minimum absolute atomic E-state index is 0.366. The standard InChI is InChI=1S/C17H18O3.3C2H6/c1-13-5-10-17(11-6-13)20-16-4-2-3-14(18)7-8-15(19)9-12-16;3*1-2/h2,4-6,10-12,14-15,18-19H,3,9H2,1H3;3*1-2H3/b4-2-,16-12+;;;/t14?,15-;;;/m1.../s1. The van der Waals surface area contributed by atoms with Crippen LogP contribution in [-0.4, -0.2) is 22.4 Å². The number of hydrogen-bond donors (Lipinski definition) is 2. The van der Waals surface area contributed by atoms with Crippen molar-refractivity contribution in [2.75, 3.05) is 0 Å². The molecule has 1 aliphatic carbocycles. The number of rotatable bonds is 2. The predicted octanol–water partition coefficient (Wildman–Crippen LogP) is 5.41. The van der Waals surface area contributed by atoms with Crippen molar-refractivity contribution in [2.45, 2.75) is 73.5 Å². The number of hydrogen-bond acceptors (Lipinski definition) is 3. The highest BCUT2D eigenvalue weighted by Crippen LogP contribution is 2.16. The summed E-state index contributed by atoms with van der Waals surface area (Å²) in [6.45, 7) is 14.0. The average Bonchev–Trinajstić information content (AvgIpc) is 2.70. The van der Waals surface area contributed by atoms with Crippen molar-refractivity contribution in [2.24, 2.45) is 0 Å². The number of allylic oxidation sites excluding steroid dienone is 1. The van der Waals surface area contributed by atoms with E-state index < -0.39 is 12.2 Å². The van der Waals surface area contributed by atoms with Crippen LogP contribution in [0.1, 0.15) is 59.9 Å². The fourth-order valence-corrected chi connectivity index (χ4v) is 1.74. The molecular weight excluding hydrogens is 324 g/mol. The second-order valence-electron chi connectivity index (χ2n) is 4.72. The molecule has 0 spiro atoms. The predicted molar refractivity (Wildman–Crippen MR) is 112 cm³/mol. The minimum atomic E-state index is -0.784. The molecule has 0 amide bonds. The Morgan fingerprint density at radius 3 is 1.88 bits per heavy atom. The largest absolute Gasteiger partial charge is 0.458 e. The zero-order valence-electron chi connectivity index (χ0n) is 17.4. The summed E-state index contributed by atoms with van der Waals surface area (Å²) in [5, 5.41) is 19.2. The topological polar surface area (TPSA) is 49.7 Å². The first-order valence-corrected chi connectivity index (χ1v) is 9.62. The summed E-state index contributed by atoms with van der Waals surface area (Å²) in [7, 11) is 0. The van der Waals surface area contributed by atoms with E-state index >= 15 is 0 Å². The first-order chi connectivity index (χ1) is 12.6. The van der Waals surface area contributed by atoms with Gasteiger partial charge in [0.05, 0.1) is 0 Å². The molecule has 0 heterocycles. The molecule has 2 rings (SSSR count). The second kappa shape index (κ2) is 17.8. The van der Waals surface area contributed by atoms with E-state index in [-0.39, 0.29) is 0 Å². The quantitative estimate of drug-likeness (QED) is 0.693. The lowest BCUT2D eigenvalue weighted by molar-refractivity contribution is 0.224. The van der Waals surface area contributed by atoms with Crippen molar-refractivity contribution < 1.29 is 14.9 Å². The van der Waals surface area contributed by atoms with E-state index in [0.717, 1.165) is 5.75 Å². The van der Waals surface area contributed by atoms with Gasteiger partial charge in [-0.2, -0.15) is 0 Å². The van der Waals surface area contributed by atoms with Gasteiger partial charge in [0.1, 0.15) is 23.7 Å². The van der Waals surface area contributed by atoms with Crippen molar-refractivity contribution in [3.05, 3.63) is 53.8 Å². The molecular formula is C23H36O3. The molecule has 146 valence electrons. The number of aliphatic hydroxyl groups excluding tert-OH is 2. The SMILES string of the molecule is CC.CC.CC.Cc1ccc(OC2=C/C[C@H](O)C#CC(O)C/C=C\2)cc1. The molecule has 0 saturated heterocycles. The summed E-state index contributed by atoms with van der Waals surface area (Å²) in [4.78, 5) is 0. The van der Waals surface area contributed by atoms with Crippen LogP contribution in [0.2, 0.25) is 0 Å². The Kier molecular flexibility index (Phi) is 17.9. The van der Waals surface area contributed by atoms with Crippen molar-refractivity contribution in [1.82, 2.24) is 0 Å². The van der Waals surface area contributed by atoms with Crippen LogP contribution in [-0.2, 0) is 0 Å². The molecule has 0 radical (unpaired) electrons. The smallest absolute Gasteiger partial charge is 0.127 e. The van der Waals surface area contributed by atoms with E-state index in [2.05, 4.69) is 11.8 Å². The van der Waals surface area contributed by atoms with Crippen LogP contribution in [0.25, 0.3) is 0 Å². The van der Waals surface area contributed by atoms with Gasteiger partial charge >= 0.3 is 0 Å². The summed E-state index contributed by atoms with van der Waals surface area (Å²) in [5.74, 6) is 6.61. The van der Waals surface area contributed by atoms with Gasteiger partial charge < -0.3 is 14.9 Å². The van der Waals surface area contributed by atoms with Gasteiger partial charge in [0.25, 0.3) is 0 Å². The Balaban J connectivity index is 0. The molecule has 0 aromatic heterocycles. The van der Waals surface area contributed by atoms with E-state index in [1.165, 1.54) is 5.56 Å². The monoisotopic (exact) mass is 360 g/mol. The Morgan fingerprint density at radius 2 is 1.35 bits per heavy atom. The maximum absolute atomic E-state index is 9.66. The Hall–Kier alpha value is -2.02. The molecule has 0 aliphatic heterocycles. The maximum atomic E-state index is 9.66. The van der Waals surface area contributed by atoms with Gasteiger partial charge in [-0.3, -0.25) is 0 Å². The molecule has 0 saturated carbocycles. The minimum Gasteiger partial charge on any atom is -0.458 e. The van der Waals surface area contributed by atoms with Gasteiger partial charge in [0.2, 0.25) is 0 Å². The normalized spacial score (nSPS) is 21.2. The molecule has 2 N–H and O–H groups in total. The summed E-state index contributed by atoms with van der Waals surface area (Å²) in [5.41, 5.74) is 1.17. The molecule has 3 heteroatoms. The fourth-order valence-electron chi connectivity index (χ4n) is 1.74. The van der Waals surface area contributed by atoms with Crippen LogP contribution < -0.4 is 4.74 Å². The van der Waals surface area contributed by atoms with E-state index in [1.807, 2.05) is 78.8 Å². The number of aryl methyl sites for hydroxylation is 1. The fraction of sp³-hybridized carbons (Fsp3) is 0.478. The van der Waals surface area contributed by atoms with Gasteiger partial charge in [0.15, 0.2) is 0 Å². The van der Waals surface area contributed by atoms with Gasteiger partial charge in [0, 0.05) is 12.8 Å². The molecule has 1 aliphatic rings. The zero-order chi connectivity index (χ0) is 20.4. The third-order valence-electron chi connectivity index (χ3n) is 2.86. The first kappa shape index (κ1) is 26.2. The third kappa shape index (κ3) is 12.4. The third-order valence-corrected chi connectivity index (χ3v) is 2.86. The van der Waals surface area contributed by atoms with E-state index in [4.69, 9.17) is 4.74 Å². The molecule has 2 atom stereocenters. The van der Waals surface area contributed by atoms with Crippen LogP contribution in [0.15, 0.2) is 48.3 Å². The van der Waals surface area contributed by atoms with Crippen LogP contribution in [0.3, 0.4) is 0 Å². The number of ether oxygens (including phenoxy) is 1. The van der Waals surface area contributed by atoms with Crippen LogP contribution in [0.4, 0.5) is 0 Å². The molecule has 1 aromatic rings. The van der Waals surface area contributed by atoms with Gasteiger partial charge in [-0.15, -0.1) is 0 Å². The highest BCUT2D eigenvalue weighted by atomic mass is 16.5. The van der Waals surface area contributed by atoms with Gasteiger partial charge in [-0.05, 0) is 31.2 Å². The van der Waals surface area contributed by atoms with E-state index in [1.54, 1.807) is 12.2 Å². The lowest BCUT2D eigenvalue weighted by Crippen LogP contribution is -2.07. The van der Waals surface area contributed by atoms with Crippen molar-refractivity contribution in [3.63, 3.8) is 0 Å². The Morgan fingerprint density at radius 1 is 0.846 bits per heavy atom. The van der Waals surface area contributed by atoms with Crippen LogP contribution in [0, 0.1) is 18.8 Å². The number of aliphatic hydroxyl groups is 2. The summed E-state index contributed by atoms with van der Waals surface area (Å²) < 4.78 is 5.76. The maximum Gasteiger partial charge on any atom is 0.127 e. The molecule has 0 bridgehead atoms. The molecule has 1 aromatic carbocycles. The highest BCUT2D eigenvalue weighted by Gasteiger charge is 2.04. The Bertz CT molecular complexity index is 559. The Labute approximate surface area is 160 Å². The summed E-state index contributed by atoms with van der Waals surface area (Å²) in [6, 6.07) is 7.75. The molecule has 0 fully saturated rings. The summed E-state index contributed by atoms with van der Waals surface area (Å²) in [6.07, 6.45) is 4.65. The lowest BCUT2D eigenvalue weighted by atomic mass is 10.1. The zero-order valence-corrected chi connectivity index (χ0v) is 17.4. The second-order valence-corrected chi connectivity index (χ2v) is 4.72. The average molecular weight is 361 g/mol. The van der Waals surface area contributed by atoms with E-state index in [9.17, 15) is 10.2 Å². The molecule has 26 heavy (non-hydrogen) atoms. The van der Waals surface area contributed by atoms with Crippen molar-refractivity contribution >= 4 is 0 Å². The summed E-state index contributed by atoms with van der Waals surface area (Å²) >= 11 is 0. The molecule has 3 nitrogen and oxygen atoms in total. The van der Waals surface area contributed by atoms with Crippen LogP contribution >= 0.6 is 0 Å². The first-order valence-electron chi connectivity index (χ1n) is 9.62. The van der Waals surface area contributed by atoms with Gasteiger partial charge in [-0.1, -0.05) is 77.2 Å². The van der Waals surface area contributed by atoms with Gasteiger partial charge in [-0.25, -0.2) is 0 Å². The van der Waals surface area contributed by atoms with Crippen molar-refractivity contribution in [3.8, 4) is 17.6 Å². The van der Waals surface area contributed by atoms with E-state index in [0.29, 0.717) is 18.6 Å². The molecule has 1 unspecified atom stereocenters.